The molecule has 0 saturated heterocycles. The molecular weight excluding hydrogens is 1750 g/mol. The number of benzene rings is 25. The quantitative estimate of drug-likeness (QED) is 0.127. The van der Waals surface area contributed by atoms with Gasteiger partial charge in [-0.25, -0.2) is 9.97 Å². The lowest BCUT2D eigenvalue weighted by Gasteiger charge is -2.15. The van der Waals surface area contributed by atoms with E-state index in [0.717, 1.165) is 164 Å². The highest BCUT2D eigenvalue weighted by molar-refractivity contribution is 6.21. The van der Waals surface area contributed by atoms with Crippen LogP contribution in [0.25, 0.3) is 297 Å². The van der Waals surface area contributed by atoms with Crippen LogP contribution >= 0.6 is 0 Å². The number of nitrogens with zero attached hydrogens (tertiary/aromatic N) is 10. The lowest BCUT2D eigenvalue weighted by molar-refractivity contribution is 0.955. The van der Waals surface area contributed by atoms with E-state index in [1.807, 2.05) is 0 Å². The van der Waals surface area contributed by atoms with Gasteiger partial charge in [-0.2, -0.15) is 19.9 Å². The van der Waals surface area contributed by atoms with Gasteiger partial charge in [0.25, 0.3) is 0 Å². The molecule has 0 spiro atoms. The van der Waals surface area contributed by atoms with Crippen molar-refractivity contribution in [3.63, 3.8) is 0 Å². The molecule has 31 rings (SSSR count). The SMILES string of the molecule is c1ccc2c(c1)ccc1cc(-n3c4ccccc4c4cc(-c5ccc6c(c5)c5ccccc5n6-c5nc(-c6cc7ccccc7c7ccccc67)nc(-c6cc7ccccc7c7ccccc67)n5)ccc43)ccc12.c1ccc2cc(-n3c4ccccc4c4cc(-c5ccc6c(c5)c5ccccc5n6-c5nc(-c6cc7ccccc7c7ccccc67)nc(-c6cc7ccccc7c7ccccc67)n5)ccc43)ccc2c1. The zero-order chi connectivity index (χ0) is 94.3. The molecule has 0 aliphatic rings. The Labute approximate surface area is 824 Å². The molecule has 6 aromatic heterocycles. The van der Waals surface area contributed by atoms with Crippen molar-refractivity contribution in [2.75, 3.05) is 0 Å². The fourth-order valence-corrected chi connectivity index (χ4v) is 23.4. The van der Waals surface area contributed by atoms with E-state index in [1.165, 1.54) is 97.5 Å². The first-order chi connectivity index (χ1) is 71.4. The summed E-state index contributed by atoms with van der Waals surface area (Å²) in [4.78, 5) is 32.9. The molecule has 0 amide bonds. The molecule has 10 heteroatoms. The van der Waals surface area contributed by atoms with Crippen molar-refractivity contribution in [2.24, 2.45) is 0 Å². The lowest BCUT2D eigenvalue weighted by atomic mass is 9.96. The monoisotopic (exact) mass is 1830 g/mol. The predicted octanol–water partition coefficient (Wildman–Crippen LogP) is 34.8. The Balaban J connectivity index is 0.000000134. The van der Waals surface area contributed by atoms with Crippen molar-refractivity contribution < 1.29 is 0 Å². The fourth-order valence-electron chi connectivity index (χ4n) is 23.4. The minimum atomic E-state index is 0.564. The summed E-state index contributed by atoms with van der Waals surface area (Å²) in [6.07, 6.45) is 0. The summed E-state index contributed by atoms with van der Waals surface area (Å²) in [7, 11) is 0. The van der Waals surface area contributed by atoms with Gasteiger partial charge in [0, 0.05) is 76.7 Å². The van der Waals surface area contributed by atoms with Gasteiger partial charge >= 0.3 is 0 Å². The molecule has 0 unspecified atom stereocenters. The predicted molar refractivity (Wildman–Crippen MR) is 602 cm³/mol. The third kappa shape index (κ3) is 12.7. The molecule has 31 aromatic rings. The van der Waals surface area contributed by atoms with Gasteiger partial charge in [0.2, 0.25) is 11.9 Å². The number of para-hydroxylation sites is 4. The maximum absolute atomic E-state index is 5.51. The summed E-state index contributed by atoms with van der Waals surface area (Å²) in [5.41, 5.74) is 19.6. The van der Waals surface area contributed by atoms with Gasteiger partial charge in [0.05, 0.1) is 44.1 Å². The Morgan fingerprint density at radius 2 is 0.333 bits per heavy atom. The molecule has 0 N–H and O–H groups in total. The molecule has 0 atom stereocenters. The van der Waals surface area contributed by atoms with E-state index in [-0.39, 0.29) is 0 Å². The number of hydrogen-bond acceptors (Lipinski definition) is 6. The summed E-state index contributed by atoms with van der Waals surface area (Å²) >= 11 is 0. The van der Waals surface area contributed by atoms with E-state index in [2.05, 4.69) is 504 Å². The second-order valence-electron chi connectivity index (χ2n) is 37.9. The average molecular weight is 1830 g/mol. The first-order valence-electron chi connectivity index (χ1n) is 49.1. The largest absolute Gasteiger partial charge is 0.309 e. The van der Waals surface area contributed by atoms with Gasteiger partial charge < -0.3 is 9.13 Å². The normalized spacial score (nSPS) is 12.0. The lowest BCUT2D eigenvalue weighted by Crippen LogP contribution is -2.07. The number of hydrogen-bond donors (Lipinski definition) is 0. The van der Waals surface area contributed by atoms with Crippen LogP contribution < -0.4 is 0 Å². The van der Waals surface area contributed by atoms with Gasteiger partial charge in [-0.3, -0.25) is 9.13 Å². The van der Waals surface area contributed by atoms with Crippen LogP contribution in [-0.4, -0.2) is 48.2 Å². The molecule has 144 heavy (non-hydrogen) atoms. The van der Waals surface area contributed by atoms with Gasteiger partial charge in [0.15, 0.2) is 23.3 Å². The molecule has 0 aliphatic carbocycles. The first kappa shape index (κ1) is 80.7. The zero-order valence-corrected chi connectivity index (χ0v) is 77.7. The summed E-state index contributed by atoms with van der Waals surface area (Å²) in [5.74, 6) is 3.62. The second kappa shape index (κ2) is 32.1. The van der Waals surface area contributed by atoms with Gasteiger partial charge in [0.1, 0.15) is 0 Å². The number of fused-ring (bicyclic) bond motifs is 28. The van der Waals surface area contributed by atoms with Crippen LogP contribution in [0.4, 0.5) is 0 Å². The topological polar surface area (TPSA) is 97.1 Å². The highest BCUT2D eigenvalue weighted by Crippen LogP contribution is 2.47. The average Bonchev–Trinajstić information content (AvgIpc) is 1.64. The van der Waals surface area contributed by atoms with Crippen LogP contribution in [0.2, 0.25) is 0 Å². The third-order valence-corrected chi connectivity index (χ3v) is 30.0. The molecule has 666 valence electrons. The molecular formula is C134H80N10. The Morgan fingerprint density at radius 3 is 0.674 bits per heavy atom. The van der Waals surface area contributed by atoms with Gasteiger partial charge in [-0.15, -0.1) is 0 Å². The van der Waals surface area contributed by atoms with Crippen molar-refractivity contribution >= 4 is 206 Å². The highest BCUT2D eigenvalue weighted by Gasteiger charge is 2.27. The summed E-state index contributed by atoms with van der Waals surface area (Å²) in [6, 6.07) is 175. The van der Waals surface area contributed by atoms with Gasteiger partial charge in [-0.05, 0) is 262 Å². The first-order valence-corrected chi connectivity index (χ1v) is 49.1. The van der Waals surface area contributed by atoms with E-state index in [4.69, 9.17) is 29.9 Å². The number of rotatable bonds is 10. The highest BCUT2D eigenvalue weighted by atomic mass is 15.2. The molecule has 0 bridgehead atoms. The van der Waals surface area contributed by atoms with Crippen molar-refractivity contribution in [3.8, 4) is 91.1 Å². The maximum atomic E-state index is 5.51. The molecule has 0 fully saturated rings. The van der Waals surface area contributed by atoms with E-state index < -0.39 is 0 Å². The zero-order valence-electron chi connectivity index (χ0n) is 77.7. The molecule has 0 aliphatic heterocycles. The minimum absolute atomic E-state index is 0.564. The minimum Gasteiger partial charge on any atom is -0.309 e. The van der Waals surface area contributed by atoms with Crippen LogP contribution in [-0.2, 0) is 0 Å². The van der Waals surface area contributed by atoms with Crippen LogP contribution in [0.5, 0.6) is 0 Å². The molecule has 10 nitrogen and oxygen atoms in total. The molecule has 6 heterocycles. The van der Waals surface area contributed by atoms with Crippen molar-refractivity contribution in [3.05, 3.63) is 485 Å². The van der Waals surface area contributed by atoms with Crippen LogP contribution in [0.15, 0.2) is 485 Å². The van der Waals surface area contributed by atoms with E-state index in [0.29, 0.717) is 35.2 Å². The Bertz CT molecular complexity index is 10700. The van der Waals surface area contributed by atoms with Crippen LogP contribution in [0.3, 0.4) is 0 Å². The van der Waals surface area contributed by atoms with Crippen LogP contribution in [0, 0.1) is 0 Å². The van der Waals surface area contributed by atoms with Crippen molar-refractivity contribution in [2.45, 2.75) is 0 Å². The molecule has 0 radical (unpaired) electrons. The maximum Gasteiger partial charge on any atom is 0.238 e. The van der Waals surface area contributed by atoms with E-state index in [1.54, 1.807) is 0 Å². The van der Waals surface area contributed by atoms with Crippen LogP contribution in [0.1, 0.15) is 0 Å². The Morgan fingerprint density at radius 1 is 0.118 bits per heavy atom. The molecule has 0 saturated carbocycles. The summed E-state index contributed by atoms with van der Waals surface area (Å²) in [6.45, 7) is 0. The number of aromatic nitrogens is 10. The van der Waals surface area contributed by atoms with Crippen molar-refractivity contribution in [1.29, 1.82) is 0 Å². The smallest absolute Gasteiger partial charge is 0.238 e. The Kier molecular flexibility index (Phi) is 18.0. The molecule has 25 aromatic carbocycles. The van der Waals surface area contributed by atoms with E-state index >= 15 is 0 Å². The second-order valence-corrected chi connectivity index (χ2v) is 37.9. The standard InChI is InChI=1S/C69H41N5.C65H39N5/c1-4-18-49-42(15-1)29-30-47-37-48(33-34-52(47)49)73-63-27-13-11-25-57(63)59-38-43(31-35-65(59)73)44-32-36-66-60(39-44)58-26-12-14-28-64(58)74(66)69-71-67(61-40-45-16-2-5-19-50(45)53-21-7-9-23-55(53)61)70-68(72-69)62-41-46-17-3-6-20-51(46)54-22-8-10-24-56(54)62;1-2-16-41-35-46(32-29-40(41)15-1)69-59-27-13-11-25-53(59)55-36-42(30-33-61(55)69)43-31-34-62-56(37-43)54-26-12-14-28-60(54)70(62)65-67-63(57-38-44-17-3-5-19-47(44)49-21-7-9-23-51(49)57)66-64(68-65)58-39-45-18-4-6-20-48(45)50-22-8-10-24-52(50)58/h1-41H;1-39H. The summed E-state index contributed by atoms with van der Waals surface area (Å²) in [5, 5.41) is 35.2. The van der Waals surface area contributed by atoms with E-state index in [9.17, 15) is 0 Å². The van der Waals surface area contributed by atoms with Gasteiger partial charge in [-0.1, -0.05) is 364 Å². The van der Waals surface area contributed by atoms with Crippen molar-refractivity contribution in [1.82, 2.24) is 48.2 Å². The fraction of sp³-hybridized carbons (Fsp3) is 0. The Hall–Kier alpha value is -19.4. The summed E-state index contributed by atoms with van der Waals surface area (Å²) < 4.78 is 9.28. The third-order valence-electron chi connectivity index (χ3n) is 30.0.